The molecule has 18 heavy (non-hydrogen) atoms. The highest BCUT2D eigenvalue weighted by molar-refractivity contribution is 9.10. The fraction of sp³-hybridized carbons (Fsp3) is 0.500. The first-order valence-corrected chi connectivity index (χ1v) is 7.15. The molecule has 3 nitrogen and oxygen atoms in total. The molecule has 98 valence electrons. The molecule has 0 spiro atoms. The highest BCUT2D eigenvalue weighted by Crippen LogP contribution is 2.30. The summed E-state index contributed by atoms with van der Waals surface area (Å²) in [6, 6.07) is 8.41. The molecule has 0 radical (unpaired) electrons. The number of aliphatic hydroxyl groups is 1. The van der Waals surface area contributed by atoms with Crippen molar-refractivity contribution in [1.29, 1.82) is 0 Å². The molecule has 0 aliphatic heterocycles. The zero-order chi connectivity index (χ0) is 13.0. The minimum absolute atomic E-state index is 0.0826. The number of carbonyl (C=O) groups excluding carboxylic acids is 1. The SMILES string of the molecule is O=C(CCCO)N(Cc1ccccc1Br)C1CC1. The van der Waals surface area contributed by atoms with Gasteiger partial charge in [0.15, 0.2) is 0 Å². The zero-order valence-electron chi connectivity index (χ0n) is 10.3. The average molecular weight is 312 g/mol. The number of nitrogens with zero attached hydrogens (tertiary/aromatic N) is 1. The van der Waals surface area contributed by atoms with E-state index in [1.807, 2.05) is 29.2 Å². The van der Waals surface area contributed by atoms with Crippen molar-refractivity contribution in [2.75, 3.05) is 6.61 Å². The number of hydrogen-bond donors (Lipinski definition) is 1. The van der Waals surface area contributed by atoms with Gasteiger partial charge in [-0.2, -0.15) is 0 Å². The zero-order valence-corrected chi connectivity index (χ0v) is 11.9. The number of benzene rings is 1. The van der Waals surface area contributed by atoms with Crippen molar-refractivity contribution in [3.05, 3.63) is 34.3 Å². The molecule has 1 amide bonds. The molecule has 0 saturated heterocycles. The Balaban J connectivity index is 2.02. The maximum atomic E-state index is 12.1. The molecule has 0 unspecified atom stereocenters. The van der Waals surface area contributed by atoms with Gasteiger partial charge in [-0.25, -0.2) is 0 Å². The van der Waals surface area contributed by atoms with Gasteiger partial charge in [0.2, 0.25) is 5.91 Å². The molecule has 0 bridgehead atoms. The van der Waals surface area contributed by atoms with Gasteiger partial charge in [-0.15, -0.1) is 0 Å². The molecule has 0 aromatic heterocycles. The van der Waals surface area contributed by atoms with E-state index in [0.717, 1.165) is 22.9 Å². The second-order valence-corrected chi connectivity index (χ2v) is 5.53. The molecule has 4 heteroatoms. The van der Waals surface area contributed by atoms with Crippen molar-refractivity contribution in [3.8, 4) is 0 Å². The lowest BCUT2D eigenvalue weighted by atomic mass is 10.2. The van der Waals surface area contributed by atoms with Crippen LogP contribution < -0.4 is 0 Å². The molecule has 0 atom stereocenters. The van der Waals surface area contributed by atoms with Crippen molar-refractivity contribution in [1.82, 2.24) is 4.90 Å². The Morgan fingerprint density at radius 3 is 2.72 bits per heavy atom. The summed E-state index contributed by atoms with van der Waals surface area (Å²) < 4.78 is 1.05. The lowest BCUT2D eigenvalue weighted by Gasteiger charge is -2.23. The van der Waals surface area contributed by atoms with Crippen LogP contribution in [0.25, 0.3) is 0 Å². The molecule has 1 aromatic rings. The first kappa shape index (κ1) is 13.6. The summed E-state index contributed by atoms with van der Waals surface area (Å²) in [5, 5.41) is 8.81. The monoisotopic (exact) mass is 311 g/mol. The third-order valence-corrected chi connectivity index (χ3v) is 3.93. The van der Waals surface area contributed by atoms with Crippen LogP contribution in [0.15, 0.2) is 28.7 Å². The number of halogens is 1. The average Bonchev–Trinajstić information content (AvgIpc) is 3.19. The Morgan fingerprint density at radius 2 is 2.11 bits per heavy atom. The molecular formula is C14H18BrNO2. The molecule has 1 aliphatic carbocycles. The van der Waals surface area contributed by atoms with Gasteiger partial charge in [-0.05, 0) is 30.9 Å². The number of aliphatic hydroxyl groups excluding tert-OH is 1. The summed E-state index contributed by atoms with van der Waals surface area (Å²) in [7, 11) is 0. The van der Waals surface area contributed by atoms with Crippen LogP contribution in [0.2, 0.25) is 0 Å². The second-order valence-electron chi connectivity index (χ2n) is 4.67. The summed E-state index contributed by atoms with van der Waals surface area (Å²) in [4.78, 5) is 14.1. The predicted molar refractivity (Wildman–Crippen MR) is 74.0 cm³/mol. The summed E-state index contributed by atoms with van der Waals surface area (Å²) >= 11 is 3.52. The van der Waals surface area contributed by atoms with E-state index in [9.17, 15) is 4.79 Å². The predicted octanol–water partition coefficient (Wildman–Crippen LogP) is 2.71. The van der Waals surface area contributed by atoms with E-state index in [1.165, 1.54) is 0 Å². The van der Waals surface area contributed by atoms with Crippen LogP contribution in [0, 0.1) is 0 Å². The number of amides is 1. The Kier molecular flexibility index (Phi) is 4.78. The Hall–Kier alpha value is -0.870. The highest BCUT2D eigenvalue weighted by atomic mass is 79.9. The van der Waals surface area contributed by atoms with Crippen LogP contribution in [0.1, 0.15) is 31.2 Å². The van der Waals surface area contributed by atoms with Gasteiger partial charge >= 0.3 is 0 Å². The Labute approximate surface area is 116 Å². The Morgan fingerprint density at radius 1 is 1.39 bits per heavy atom. The van der Waals surface area contributed by atoms with Gasteiger partial charge in [-0.1, -0.05) is 34.1 Å². The van der Waals surface area contributed by atoms with Crippen LogP contribution in [0.4, 0.5) is 0 Å². The van der Waals surface area contributed by atoms with E-state index in [-0.39, 0.29) is 12.5 Å². The van der Waals surface area contributed by atoms with Crippen LogP contribution in [-0.2, 0) is 11.3 Å². The van der Waals surface area contributed by atoms with Gasteiger partial charge in [0.05, 0.1) is 0 Å². The summed E-state index contributed by atoms with van der Waals surface area (Å²) in [5.41, 5.74) is 1.14. The molecule has 1 aromatic carbocycles. The lowest BCUT2D eigenvalue weighted by molar-refractivity contribution is -0.132. The topological polar surface area (TPSA) is 40.5 Å². The van der Waals surface area contributed by atoms with Gasteiger partial charge in [-0.3, -0.25) is 4.79 Å². The summed E-state index contributed by atoms with van der Waals surface area (Å²) in [5.74, 6) is 0.155. The third kappa shape index (κ3) is 3.56. The first-order chi connectivity index (χ1) is 8.72. The molecule has 1 saturated carbocycles. The lowest BCUT2D eigenvalue weighted by Crippen LogP contribution is -2.32. The van der Waals surface area contributed by atoms with E-state index in [1.54, 1.807) is 0 Å². The largest absolute Gasteiger partial charge is 0.396 e. The highest BCUT2D eigenvalue weighted by Gasteiger charge is 2.32. The Bertz CT molecular complexity index is 418. The van der Waals surface area contributed by atoms with Gasteiger partial charge in [0.25, 0.3) is 0 Å². The normalized spacial score (nSPS) is 14.6. The van der Waals surface area contributed by atoms with E-state index < -0.39 is 0 Å². The van der Waals surface area contributed by atoms with Crippen molar-refractivity contribution >= 4 is 21.8 Å². The summed E-state index contributed by atoms with van der Waals surface area (Å²) in [6.45, 7) is 0.746. The number of hydrogen-bond acceptors (Lipinski definition) is 2. The molecule has 1 aliphatic rings. The van der Waals surface area contributed by atoms with E-state index >= 15 is 0 Å². The summed E-state index contributed by atoms with van der Waals surface area (Å²) in [6.07, 6.45) is 3.21. The van der Waals surface area contributed by atoms with Gasteiger partial charge in [0, 0.05) is 30.1 Å². The molecule has 1 N–H and O–H groups in total. The maximum absolute atomic E-state index is 12.1. The smallest absolute Gasteiger partial charge is 0.223 e. The minimum atomic E-state index is 0.0826. The first-order valence-electron chi connectivity index (χ1n) is 6.36. The van der Waals surface area contributed by atoms with Gasteiger partial charge in [0.1, 0.15) is 0 Å². The quantitative estimate of drug-likeness (QED) is 0.877. The van der Waals surface area contributed by atoms with Crippen molar-refractivity contribution in [2.45, 2.75) is 38.3 Å². The standard InChI is InChI=1S/C14H18BrNO2/c15-13-5-2-1-4-11(13)10-16(12-7-8-12)14(18)6-3-9-17/h1-2,4-5,12,17H,3,6-10H2. The van der Waals surface area contributed by atoms with E-state index in [0.29, 0.717) is 25.4 Å². The van der Waals surface area contributed by atoms with Crippen LogP contribution in [0.5, 0.6) is 0 Å². The van der Waals surface area contributed by atoms with Gasteiger partial charge < -0.3 is 10.0 Å². The fourth-order valence-corrected chi connectivity index (χ4v) is 2.40. The molecular weight excluding hydrogens is 294 g/mol. The third-order valence-electron chi connectivity index (χ3n) is 3.16. The number of rotatable bonds is 6. The van der Waals surface area contributed by atoms with Crippen molar-refractivity contribution < 1.29 is 9.90 Å². The van der Waals surface area contributed by atoms with Crippen molar-refractivity contribution in [3.63, 3.8) is 0 Å². The minimum Gasteiger partial charge on any atom is -0.396 e. The van der Waals surface area contributed by atoms with Crippen LogP contribution in [-0.4, -0.2) is 28.6 Å². The maximum Gasteiger partial charge on any atom is 0.223 e. The van der Waals surface area contributed by atoms with E-state index in [4.69, 9.17) is 5.11 Å². The van der Waals surface area contributed by atoms with Crippen molar-refractivity contribution in [2.24, 2.45) is 0 Å². The fourth-order valence-electron chi connectivity index (χ4n) is 1.99. The number of carbonyl (C=O) groups is 1. The molecule has 0 heterocycles. The second kappa shape index (κ2) is 6.34. The molecule has 1 fully saturated rings. The van der Waals surface area contributed by atoms with Crippen LogP contribution >= 0.6 is 15.9 Å². The van der Waals surface area contributed by atoms with E-state index in [2.05, 4.69) is 15.9 Å². The van der Waals surface area contributed by atoms with Crippen LogP contribution in [0.3, 0.4) is 0 Å². The molecule has 2 rings (SSSR count).